The van der Waals surface area contributed by atoms with Gasteiger partial charge in [0.2, 0.25) is 11.1 Å². The van der Waals surface area contributed by atoms with Gasteiger partial charge >= 0.3 is 0 Å². The summed E-state index contributed by atoms with van der Waals surface area (Å²) in [5.74, 6) is -0.203. The summed E-state index contributed by atoms with van der Waals surface area (Å²) in [4.78, 5) is 12.4. The van der Waals surface area contributed by atoms with Gasteiger partial charge in [0.15, 0.2) is 0 Å². The average molecular weight is 394 g/mol. The van der Waals surface area contributed by atoms with E-state index in [1.54, 1.807) is 29.8 Å². The summed E-state index contributed by atoms with van der Waals surface area (Å²) in [6.45, 7) is 1.77. The highest BCUT2D eigenvalue weighted by Crippen LogP contribution is 2.26. The molecule has 2 aromatic carbocycles. The molecule has 1 amide bonds. The minimum absolute atomic E-state index is 0.203. The molecule has 0 aliphatic rings. The standard InChI is InChI=1S/C16H13Cl2N5OS/c1-10(15(24)19-13-8-11(17)7-12(18)9-13)25-16-20-21-22-23(16)14-5-3-2-4-6-14/h2-10H,1H3,(H,19,24). The van der Waals surface area contributed by atoms with Crippen LogP contribution in [-0.2, 0) is 4.79 Å². The van der Waals surface area contributed by atoms with Crippen LogP contribution < -0.4 is 5.32 Å². The van der Waals surface area contributed by atoms with Gasteiger partial charge < -0.3 is 5.32 Å². The van der Waals surface area contributed by atoms with Crippen LogP contribution in [0.25, 0.3) is 5.69 Å². The molecule has 0 aliphatic heterocycles. The number of rotatable bonds is 5. The van der Waals surface area contributed by atoms with E-state index in [1.807, 2.05) is 30.3 Å². The monoisotopic (exact) mass is 393 g/mol. The normalized spacial score (nSPS) is 12.0. The molecule has 0 bridgehead atoms. The lowest BCUT2D eigenvalue weighted by molar-refractivity contribution is -0.115. The van der Waals surface area contributed by atoms with Crippen molar-refractivity contribution in [2.45, 2.75) is 17.3 Å². The highest BCUT2D eigenvalue weighted by molar-refractivity contribution is 8.00. The molecule has 6 nitrogen and oxygen atoms in total. The van der Waals surface area contributed by atoms with Crippen molar-refractivity contribution in [3.8, 4) is 5.69 Å². The van der Waals surface area contributed by atoms with Crippen molar-refractivity contribution in [2.24, 2.45) is 0 Å². The van der Waals surface area contributed by atoms with E-state index in [-0.39, 0.29) is 5.91 Å². The molecule has 25 heavy (non-hydrogen) atoms. The molecule has 1 atom stereocenters. The minimum atomic E-state index is -0.425. The third-order valence-electron chi connectivity index (χ3n) is 3.22. The van der Waals surface area contributed by atoms with Crippen molar-refractivity contribution in [1.29, 1.82) is 0 Å². The summed E-state index contributed by atoms with van der Waals surface area (Å²) >= 11 is 13.1. The van der Waals surface area contributed by atoms with Crippen molar-refractivity contribution in [3.63, 3.8) is 0 Å². The van der Waals surface area contributed by atoms with Crippen molar-refractivity contribution >= 4 is 46.6 Å². The summed E-state index contributed by atoms with van der Waals surface area (Å²) in [6.07, 6.45) is 0. The molecular weight excluding hydrogens is 381 g/mol. The van der Waals surface area contributed by atoms with Crippen LogP contribution in [0.4, 0.5) is 5.69 Å². The molecule has 1 unspecified atom stereocenters. The Bertz CT molecular complexity index is 867. The predicted molar refractivity (Wildman–Crippen MR) is 99.6 cm³/mol. The number of nitrogens with zero attached hydrogens (tertiary/aromatic N) is 4. The largest absolute Gasteiger partial charge is 0.325 e. The van der Waals surface area contributed by atoms with Gasteiger partial charge in [-0.15, -0.1) is 5.10 Å². The Hall–Kier alpha value is -2.09. The van der Waals surface area contributed by atoms with Gasteiger partial charge in [-0.25, -0.2) is 0 Å². The van der Waals surface area contributed by atoms with Gasteiger partial charge in [0.25, 0.3) is 0 Å². The van der Waals surface area contributed by atoms with Crippen molar-refractivity contribution in [1.82, 2.24) is 20.2 Å². The van der Waals surface area contributed by atoms with Crippen LogP contribution in [-0.4, -0.2) is 31.4 Å². The minimum Gasteiger partial charge on any atom is -0.325 e. The van der Waals surface area contributed by atoms with Gasteiger partial charge in [0, 0.05) is 15.7 Å². The Morgan fingerprint density at radius 3 is 2.52 bits per heavy atom. The van der Waals surface area contributed by atoms with E-state index >= 15 is 0 Å². The first-order valence-corrected chi connectivity index (χ1v) is 8.94. The summed E-state index contributed by atoms with van der Waals surface area (Å²) < 4.78 is 1.59. The van der Waals surface area contributed by atoms with Crippen LogP contribution in [0.1, 0.15) is 6.92 Å². The van der Waals surface area contributed by atoms with E-state index in [1.165, 1.54) is 11.8 Å². The molecule has 1 heterocycles. The molecule has 0 spiro atoms. The Morgan fingerprint density at radius 1 is 1.16 bits per heavy atom. The van der Waals surface area contributed by atoms with Crippen LogP contribution in [0.3, 0.4) is 0 Å². The molecule has 0 fully saturated rings. The number of tetrazole rings is 1. The quantitative estimate of drug-likeness (QED) is 0.660. The van der Waals surface area contributed by atoms with Crippen molar-refractivity contribution in [3.05, 3.63) is 58.6 Å². The molecule has 3 rings (SSSR count). The number of thioether (sulfide) groups is 1. The van der Waals surface area contributed by atoms with Gasteiger partial charge in [0.05, 0.1) is 10.9 Å². The maximum absolute atomic E-state index is 12.4. The Balaban J connectivity index is 1.71. The highest BCUT2D eigenvalue weighted by atomic mass is 35.5. The molecule has 0 saturated heterocycles. The van der Waals surface area contributed by atoms with Gasteiger partial charge in [-0.05, 0) is 47.7 Å². The van der Waals surface area contributed by atoms with Gasteiger partial charge in [-0.3, -0.25) is 4.79 Å². The first-order chi connectivity index (χ1) is 12.0. The summed E-state index contributed by atoms with van der Waals surface area (Å²) in [7, 11) is 0. The summed E-state index contributed by atoms with van der Waals surface area (Å²) in [5.41, 5.74) is 1.36. The fourth-order valence-corrected chi connectivity index (χ4v) is 3.40. The molecule has 3 aromatic rings. The first-order valence-electron chi connectivity index (χ1n) is 7.30. The molecular formula is C16H13Cl2N5OS. The van der Waals surface area contributed by atoms with E-state index in [9.17, 15) is 4.79 Å². The predicted octanol–water partition coefficient (Wildman–Crippen LogP) is 4.09. The fraction of sp³-hybridized carbons (Fsp3) is 0.125. The molecule has 9 heteroatoms. The van der Waals surface area contributed by atoms with E-state index < -0.39 is 5.25 Å². The number of nitrogens with one attached hydrogen (secondary N) is 1. The Labute approximate surface area is 158 Å². The van der Waals surface area contributed by atoms with Crippen LogP contribution in [0.15, 0.2) is 53.7 Å². The lowest BCUT2D eigenvalue weighted by Crippen LogP contribution is -2.23. The molecule has 1 aromatic heterocycles. The smallest absolute Gasteiger partial charge is 0.237 e. The lowest BCUT2D eigenvalue weighted by Gasteiger charge is -2.12. The third kappa shape index (κ3) is 4.50. The maximum atomic E-state index is 12.4. The van der Waals surface area contributed by atoms with Crippen molar-refractivity contribution < 1.29 is 4.79 Å². The van der Waals surface area contributed by atoms with Gasteiger partial charge in [-0.2, -0.15) is 4.68 Å². The first kappa shape index (κ1) is 17.7. The zero-order valence-electron chi connectivity index (χ0n) is 13.1. The van der Waals surface area contributed by atoms with Crippen molar-refractivity contribution in [2.75, 3.05) is 5.32 Å². The number of aromatic nitrogens is 4. The number of carbonyl (C=O) groups excluding carboxylic acids is 1. The molecule has 0 saturated carbocycles. The number of carbonyl (C=O) groups is 1. The number of halogens is 2. The Kier molecular flexibility index (Phi) is 5.57. The average Bonchev–Trinajstić information content (AvgIpc) is 3.02. The van der Waals surface area contributed by atoms with Gasteiger partial charge in [0.1, 0.15) is 0 Å². The van der Waals surface area contributed by atoms with E-state index in [0.29, 0.717) is 20.9 Å². The second-order valence-electron chi connectivity index (χ2n) is 5.12. The number of hydrogen-bond donors (Lipinski definition) is 1. The Morgan fingerprint density at radius 2 is 1.84 bits per heavy atom. The lowest BCUT2D eigenvalue weighted by atomic mass is 10.3. The number of amides is 1. The number of para-hydroxylation sites is 1. The third-order valence-corrected chi connectivity index (χ3v) is 4.69. The summed E-state index contributed by atoms with van der Waals surface area (Å²) in [6, 6.07) is 14.3. The molecule has 1 N–H and O–H groups in total. The SMILES string of the molecule is CC(Sc1nnnn1-c1ccccc1)C(=O)Nc1cc(Cl)cc(Cl)c1. The number of benzene rings is 2. The van der Waals surface area contributed by atoms with Crippen LogP contribution >= 0.6 is 35.0 Å². The van der Waals surface area contributed by atoms with Crippen LogP contribution in [0, 0.1) is 0 Å². The van der Waals surface area contributed by atoms with Crippen LogP contribution in [0.5, 0.6) is 0 Å². The topological polar surface area (TPSA) is 72.7 Å². The summed E-state index contributed by atoms with van der Waals surface area (Å²) in [5, 5.41) is 15.5. The van der Waals surface area contributed by atoms with E-state index in [4.69, 9.17) is 23.2 Å². The van der Waals surface area contributed by atoms with Crippen LogP contribution in [0.2, 0.25) is 10.0 Å². The van der Waals surface area contributed by atoms with E-state index in [0.717, 1.165) is 5.69 Å². The van der Waals surface area contributed by atoms with Gasteiger partial charge in [-0.1, -0.05) is 53.2 Å². The maximum Gasteiger partial charge on any atom is 0.237 e. The fourth-order valence-electron chi connectivity index (χ4n) is 2.07. The molecule has 0 aliphatic carbocycles. The molecule has 0 radical (unpaired) electrons. The molecule has 128 valence electrons. The van der Waals surface area contributed by atoms with E-state index in [2.05, 4.69) is 20.8 Å². The number of hydrogen-bond acceptors (Lipinski definition) is 5. The second-order valence-corrected chi connectivity index (χ2v) is 7.30. The second kappa shape index (κ2) is 7.86. The zero-order chi connectivity index (χ0) is 17.8. The number of anilines is 1. The zero-order valence-corrected chi connectivity index (χ0v) is 15.4. The highest BCUT2D eigenvalue weighted by Gasteiger charge is 2.19.